The predicted molar refractivity (Wildman–Crippen MR) is 150 cm³/mol. The van der Waals surface area contributed by atoms with Crippen LogP contribution in [0.1, 0.15) is 35.4 Å². The zero-order chi connectivity index (χ0) is 29.6. The first-order valence-corrected chi connectivity index (χ1v) is 14.2. The number of hydrogen-bond donors (Lipinski definition) is 6. The molecule has 0 saturated heterocycles. The lowest BCUT2D eigenvalue weighted by atomic mass is 9.98. The molecule has 3 aromatic carbocycles. The Morgan fingerprint density at radius 1 is 0.976 bits per heavy atom. The first-order valence-electron chi connectivity index (χ1n) is 12.8. The molecule has 1 aliphatic carbocycles. The molecule has 0 heterocycles. The molecule has 0 bridgehead atoms. The van der Waals surface area contributed by atoms with Crippen LogP contribution in [0.4, 0.5) is 15.3 Å². The largest absolute Gasteiger partial charge is 0.449 e. The van der Waals surface area contributed by atoms with E-state index in [-0.39, 0.29) is 43.2 Å². The Morgan fingerprint density at radius 2 is 1.61 bits per heavy atom. The number of hydrogen-bond acceptors (Lipinski definition) is 7. The minimum absolute atomic E-state index is 0.00872. The van der Waals surface area contributed by atoms with Crippen LogP contribution in [0.15, 0.2) is 71.6 Å². The van der Waals surface area contributed by atoms with Gasteiger partial charge in [-0.2, -0.15) is 8.42 Å². The van der Waals surface area contributed by atoms with Crippen molar-refractivity contribution in [3.05, 3.63) is 83.4 Å². The maximum Gasteiger partial charge on any atom is 0.407 e. The number of amides is 4. The number of alkyl carbamates (subject to hydrolysis) is 1. The summed E-state index contributed by atoms with van der Waals surface area (Å²) in [6.07, 6.45) is -0.496. The first-order chi connectivity index (χ1) is 19.6. The lowest BCUT2D eigenvalue weighted by Gasteiger charge is -2.20. The highest BCUT2D eigenvalue weighted by Crippen LogP contribution is 2.44. The molecule has 0 radical (unpaired) electrons. The smallest absolute Gasteiger partial charge is 0.407 e. The third kappa shape index (κ3) is 7.20. The van der Waals surface area contributed by atoms with E-state index in [0.717, 1.165) is 28.3 Å². The average Bonchev–Trinajstić information content (AvgIpc) is 3.26. The molecule has 0 fully saturated rings. The standard InChI is InChI=1S/C28H30N4O8S/c29-27(35)30-13-5-10-24(26(34)31-18-12-11-17(15-33)25(14-18)41(37,38)39)32-28(36)40-16-23-21-8-3-1-6-19(21)20-7-2-4-9-22(20)23/h1-4,6-9,11-12,14,23-24,33H,5,10,13,15-16H2,(H,31,34)(H,32,36)(H3,29,30,35)(H,37,38,39)/t24-/m0/s1. The molecule has 13 heteroatoms. The predicted octanol–water partition coefficient (Wildman–Crippen LogP) is 2.72. The monoisotopic (exact) mass is 582 g/mol. The molecule has 1 atom stereocenters. The molecule has 3 aromatic rings. The number of benzene rings is 3. The summed E-state index contributed by atoms with van der Waals surface area (Å²) < 4.78 is 38.4. The molecule has 4 rings (SSSR count). The van der Waals surface area contributed by atoms with Crippen molar-refractivity contribution in [2.24, 2.45) is 5.73 Å². The Balaban J connectivity index is 1.46. The number of aliphatic hydroxyl groups is 1. The highest BCUT2D eigenvalue weighted by atomic mass is 32.2. The summed E-state index contributed by atoms with van der Waals surface area (Å²) in [4.78, 5) is 36.4. The van der Waals surface area contributed by atoms with Crippen molar-refractivity contribution in [1.82, 2.24) is 10.6 Å². The van der Waals surface area contributed by atoms with Crippen LogP contribution in [-0.4, -0.2) is 55.3 Å². The summed E-state index contributed by atoms with van der Waals surface area (Å²) in [5, 5.41) is 16.8. The number of primary amides is 1. The van der Waals surface area contributed by atoms with E-state index in [1.807, 2.05) is 48.5 Å². The third-order valence-corrected chi connectivity index (χ3v) is 7.64. The van der Waals surface area contributed by atoms with Gasteiger partial charge in [0.2, 0.25) is 5.91 Å². The van der Waals surface area contributed by atoms with Crippen LogP contribution in [0.3, 0.4) is 0 Å². The van der Waals surface area contributed by atoms with Gasteiger partial charge in [-0.25, -0.2) is 9.59 Å². The normalized spacial score (nSPS) is 13.0. The van der Waals surface area contributed by atoms with E-state index in [9.17, 15) is 32.5 Å². The van der Waals surface area contributed by atoms with E-state index in [0.29, 0.717) is 0 Å². The topological polar surface area (TPSA) is 197 Å². The number of aliphatic hydroxyl groups excluding tert-OH is 1. The van der Waals surface area contributed by atoms with Crippen LogP contribution in [0, 0.1) is 0 Å². The quantitative estimate of drug-likeness (QED) is 0.146. The number of nitrogens with one attached hydrogen (secondary N) is 3. The van der Waals surface area contributed by atoms with Gasteiger partial charge in [0.15, 0.2) is 0 Å². The van der Waals surface area contributed by atoms with E-state index < -0.39 is 45.7 Å². The lowest BCUT2D eigenvalue weighted by Crippen LogP contribution is -2.44. The fraction of sp³-hybridized carbons (Fsp3) is 0.250. The summed E-state index contributed by atoms with van der Waals surface area (Å²) in [6.45, 7) is -0.483. The van der Waals surface area contributed by atoms with Crippen molar-refractivity contribution in [3.63, 3.8) is 0 Å². The Bertz CT molecular complexity index is 1510. The molecule has 12 nitrogen and oxygen atoms in total. The fourth-order valence-corrected chi connectivity index (χ4v) is 5.54. The molecule has 216 valence electrons. The molecule has 0 unspecified atom stereocenters. The van der Waals surface area contributed by atoms with Crippen LogP contribution < -0.4 is 21.7 Å². The summed E-state index contributed by atoms with van der Waals surface area (Å²) in [7, 11) is -4.68. The van der Waals surface area contributed by atoms with Crippen molar-refractivity contribution in [3.8, 4) is 11.1 Å². The minimum Gasteiger partial charge on any atom is -0.449 e. The molecule has 1 aliphatic rings. The van der Waals surface area contributed by atoms with Crippen LogP contribution in [0.2, 0.25) is 0 Å². The van der Waals surface area contributed by atoms with Crippen LogP contribution >= 0.6 is 0 Å². The van der Waals surface area contributed by atoms with E-state index in [1.54, 1.807) is 0 Å². The molecule has 0 aliphatic heterocycles. The summed E-state index contributed by atoms with van der Waals surface area (Å²) in [5.41, 5.74) is 9.21. The molecule has 0 aromatic heterocycles. The van der Waals surface area contributed by atoms with Crippen molar-refractivity contribution in [2.75, 3.05) is 18.5 Å². The number of carbonyl (C=O) groups excluding carboxylic acids is 3. The van der Waals surface area contributed by atoms with E-state index in [2.05, 4.69) is 16.0 Å². The van der Waals surface area contributed by atoms with Crippen LogP contribution in [0.25, 0.3) is 11.1 Å². The molecule has 0 saturated carbocycles. The number of ether oxygens (including phenoxy) is 1. The maximum atomic E-state index is 13.1. The zero-order valence-electron chi connectivity index (χ0n) is 21.9. The number of carbonyl (C=O) groups is 3. The minimum atomic E-state index is -4.68. The first kappa shape index (κ1) is 29.5. The summed E-state index contributed by atoms with van der Waals surface area (Å²) in [6, 6.07) is 17.4. The van der Waals surface area contributed by atoms with Crippen molar-refractivity contribution in [1.29, 1.82) is 0 Å². The molecule has 0 spiro atoms. The number of rotatable bonds is 11. The van der Waals surface area contributed by atoms with Gasteiger partial charge in [-0.15, -0.1) is 0 Å². The second kappa shape index (κ2) is 12.8. The van der Waals surface area contributed by atoms with Gasteiger partial charge < -0.3 is 31.5 Å². The second-order valence-corrected chi connectivity index (χ2v) is 10.8. The van der Waals surface area contributed by atoms with Crippen molar-refractivity contribution < 1.29 is 37.2 Å². The summed E-state index contributed by atoms with van der Waals surface area (Å²) in [5.74, 6) is -0.889. The summed E-state index contributed by atoms with van der Waals surface area (Å²) >= 11 is 0. The van der Waals surface area contributed by atoms with Crippen molar-refractivity contribution in [2.45, 2.75) is 36.3 Å². The van der Waals surface area contributed by atoms with Gasteiger partial charge >= 0.3 is 12.1 Å². The molecule has 41 heavy (non-hydrogen) atoms. The molecular formula is C28H30N4O8S. The van der Waals surface area contributed by atoms with Gasteiger partial charge in [0.1, 0.15) is 17.5 Å². The Hall–Kier alpha value is -4.46. The Labute approximate surface area is 236 Å². The van der Waals surface area contributed by atoms with Crippen LogP contribution in [0.5, 0.6) is 0 Å². The van der Waals surface area contributed by atoms with E-state index >= 15 is 0 Å². The molecular weight excluding hydrogens is 552 g/mol. The maximum absolute atomic E-state index is 13.1. The third-order valence-electron chi connectivity index (χ3n) is 6.70. The number of anilines is 1. The fourth-order valence-electron chi connectivity index (χ4n) is 4.80. The highest BCUT2D eigenvalue weighted by Gasteiger charge is 2.30. The van der Waals surface area contributed by atoms with Gasteiger partial charge in [-0.1, -0.05) is 54.6 Å². The van der Waals surface area contributed by atoms with E-state index in [1.165, 1.54) is 12.1 Å². The van der Waals surface area contributed by atoms with Gasteiger partial charge in [-0.3, -0.25) is 9.35 Å². The Kier molecular flexibility index (Phi) is 9.22. The van der Waals surface area contributed by atoms with Gasteiger partial charge in [0.05, 0.1) is 6.61 Å². The molecule has 4 amide bonds. The van der Waals surface area contributed by atoms with Crippen molar-refractivity contribution >= 4 is 33.8 Å². The SMILES string of the molecule is NC(=O)NCCC[C@H](NC(=O)OCC1c2ccccc2-c2ccccc21)C(=O)Nc1ccc(CO)c(S(=O)(=O)O)c1. The van der Waals surface area contributed by atoms with E-state index in [4.69, 9.17) is 10.5 Å². The second-order valence-electron chi connectivity index (χ2n) is 9.40. The van der Waals surface area contributed by atoms with Gasteiger partial charge in [-0.05, 0) is 52.8 Å². The zero-order valence-corrected chi connectivity index (χ0v) is 22.7. The average molecular weight is 583 g/mol. The van der Waals surface area contributed by atoms with Crippen LogP contribution in [-0.2, 0) is 26.3 Å². The highest BCUT2D eigenvalue weighted by molar-refractivity contribution is 7.85. The molecule has 7 N–H and O–H groups in total. The van der Waals surface area contributed by atoms with Gasteiger partial charge in [0.25, 0.3) is 10.1 Å². The number of nitrogens with two attached hydrogens (primary N) is 1. The Morgan fingerprint density at radius 3 is 2.20 bits per heavy atom. The number of fused-ring (bicyclic) bond motifs is 3. The van der Waals surface area contributed by atoms with Gasteiger partial charge in [0, 0.05) is 18.2 Å². The number of urea groups is 1. The lowest BCUT2D eigenvalue weighted by molar-refractivity contribution is -0.118.